The highest BCUT2D eigenvalue weighted by Crippen LogP contribution is 2.24. The molecule has 2 aromatic rings. The van der Waals surface area contributed by atoms with Crippen molar-refractivity contribution in [3.8, 4) is 0 Å². The first-order valence-corrected chi connectivity index (χ1v) is 6.51. The molecule has 0 bridgehead atoms. The van der Waals surface area contributed by atoms with Gasteiger partial charge in [0.05, 0.1) is 12.5 Å². The number of imide groups is 1. The highest BCUT2D eigenvalue weighted by Gasteiger charge is 2.38. The Morgan fingerprint density at radius 3 is 2.70 bits per heavy atom. The van der Waals surface area contributed by atoms with Gasteiger partial charge in [-0.25, -0.2) is 0 Å². The Morgan fingerprint density at radius 1 is 1.20 bits per heavy atom. The minimum atomic E-state index is -0.267. The number of carbonyl (C=O) groups is 2. The van der Waals surface area contributed by atoms with Crippen LogP contribution in [0.5, 0.6) is 0 Å². The fraction of sp³-hybridized carbons (Fsp3) is 0.267. The lowest BCUT2D eigenvalue weighted by Gasteiger charge is -2.13. The SMILES string of the molecule is O=C1C[C@H](Cc2ccccc2)C(=O)N1Cc1ccon1. The van der Waals surface area contributed by atoms with E-state index in [1.807, 2.05) is 30.3 Å². The van der Waals surface area contributed by atoms with E-state index < -0.39 is 0 Å². The van der Waals surface area contributed by atoms with Gasteiger partial charge in [-0.2, -0.15) is 0 Å². The van der Waals surface area contributed by atoms with Crippen LogP contribution in [0, 0.1) is 5.92 Å². The van der Waals surface area contributed by atoms with Crippen molar-refractivity contribution in [1.82, 2.24) is 10.1 Å². The Kier molecular flexibility index (Phi) is 3.33. The molecule has 5 nitrogen and oxygen atoms in total. The lowest BCUT2D eigenvalue weighted by molar-refractivity contribution is -0.140. The van der Waals surface area contributed by atoms with Crippen molar-refractivity contribution in [2.24, 2.45) is 5.92 Å². The van der Waals surface area contributed by atoms with Gasteiger partial charge in [-0.15, -0.1) is 0 Å². The van der Waals surface area contributed by atoms with E-state index in [2.05, 4.69) is 5.16 Å². The van der Waals surface area contributed by atoms with E-state index in [1.54, 1.807) is 6.07 Å². The van der Waals surface area contributed by atoms with Crippen molar-refractivity contribution in [2.45, 2.75) is 19.4 Å². The lowest BCUT2D eigenvalue weighted by atomic mass is 9.98. The van der Waals surface area contributed by atoms with Crippen molar-refractivity contribution in [1.29, 1.82) is 0 Å². The average molecular weight is 270 g/mol. The third kappa shape index (κ3) is 2.47. The van der Waals surface area contributed by atoms with E-state index in [-0.39, 0.29) is 30.7 Å². The summed E-state index contributed by atoms with van der Waals surface area (Å²) in [5, 5.41) is 3.74. The number of benzene rings is 1. The number of hydrogen-bond acceptors (Lipinski definition) is 4. The quantitative estimate of drug-likeness (QED) is 0.795. The summed E-state index contributed by atoms with van der Waals surface area (Å²) in [4.78, 5) is 25.5. The summed E-state index contributed by atoms with van der Waals surface area (Å²) < 4.78 is 4.72. The molecule has 1 fully saturated rings. The third-order valence-corrected chi connectivity index (χ3v) is 3.47. The van der Waals surface area contributed by atoms with Gasteiger partial charge >= 0.3 is 0 Å². The summed E-state index contributed by atoms with van der Waals surface area (Å²) in [6, 6.07) is 11.4. The van der Waals surface area contributed by atoms with Crippen LogP contribution >= 0.6 is 0 Å². The van der Waals surface area contributed by atoms with E-state index in [0.717, 1.165) is 5.56 Å². The zero-order chi connectivity index (χ0) is 13.9. The predicted molar refractivity (Wildman–Crippen MR) is 70.3 cm³/mol. The standard InChI is InChI=1S/C15H14N2O3/c18-14-9-12(8-11-4-2-1-3-5-11)15(19)17(14)10-13-6-7-20-16-13/h1-7,12H,8-10H2/t12-/m0/s1. The topological polar surface area (TPSA) is 63.4 Å². The molecule has 20 heavy (non-hydrogen) atoms. The van der Waals surface area contributed by atoms with Gasteiger partial charge in [-0.3, -0.25) is 14.5 Å². The Bertz CT molecular complexity index is 607. The normalized spacial score (nSPS) is 18.8. The lowest BCUT2D eigenvalue weighted by Crippen LogP contribution is -2.30. The number of nitrogens with zero attached hydrogens (tertiary/aromatic N) is 2. The van der Waals surface area contributed by atoms with Gasteiger partial charge in [0, 0.05) is 12.5 Å². The summed E-state index contributed by atoms with van der Waals surface area (Å²) in [6.07, 6.45) is 2.30. The zero-order valence-electron chi connectivity index (χ0n) is 10.9. The highest BCUT2D eigenvalue weighted by atomic mass is 16.5. The molecule has 5 heteroatoms. The monoisotopic (exact) mass is 270 g/mol. The second-order valence-electron chi connectivity index (χ2n) is 4.90. The van der Waals surface area contributed by atoms with Crippen molar-refractivity contribution in [2.75, 3.05) is 0 Å². The molecule has 1 atom stereocenters. The number of carbonyl (C=O) groups excluding carboxylic acids is 2. The van der Waals surface area contributed by atoms with Gasteiger partial charge in [0.1, 0.15) is 12.0 Å². The van der Waals surface area contributed by atoms with E-state index in [9.17, 15) is 9.59 Å². The van der Waals surface area contributed by atoms with Crippen LogP contribution < -0.4 is 0 Å². The van der Waals surface area contributed by atoms with Crippen LogP contribution in [0.25, 0.3) is 0 Å². The second-order valence-corrected chi connectivity index (χ2v) is 4.90. The van der Waals surface area contributed by atoms with Crippen LogP contribution in [0.15, 0.2) is 47.2 Å². The van der Waals surface area contributed by atoms with Gasteiger partial charge < -0.3 is 4.52 Å². The summed E-state index contributed by atoms with van der Waals surface area (Å²) >= 11 is 0. The number of hydrogen-bond donors (Lipinski definition) is 0. The minimum absolute atomic E-state index is 0.123. The van der Waals surface area contributed by atoms with Crippen LogP contribution in [-0.2, 0) is 22.6 Å². The summed E-state index contributed by atoms with van der Waals surface area (Å²) in [6.45, 7) is 0.194. The Labute approximate surface area is 116 Å². The van der Waals surface area contributed by atoms with E-state index >= 15 is 0 Å². The smallest absolute Gasteiger partial charge is 0.233 e. The second kappa shape index (κ2) is 5.28. The largest absolute Gasteiger partial charge is 0.364 e. The highest BCUT2D eigenvalue weighted by molar-refractivity contribution is 6.03. The number of aromatic nitrogens is 1. The molecule has 0 radical (unpaired) electrons. The van der Waals surface area contributed by atoms with Gasteiger partial charge in [0.25, 0.3) is 0 Å². The van der Waals surface area contributed by atoms with E-state index in [1.165, 1.54) is 11.2 Å². The van der Waals surface area contributed by atoms with E-state index in [0.29, 0.717) is 12.1 Å². The maximum atomic E-state index is 12.3. The van der Waals surface area contributed by atoms with Crippen molar-refractivity contribution < 1.29 is 14.1 Å². The molecule has 0 spiro atoms. The third-order valence-electron chi connectivity index (χ3n) is 3.47. The molecule has 2 heterocycles. The van der Waals surface area contributed by atoms with Crippen molar-refractivity contribution in [3.63, 3.8) is 0 Å². The minimum Gasteiger partial charge on any atom is -0.364 e. The maximum Gasteiger partial charge on any atom is 0.233 e. The molecule has 1 aromatic heterocycles. The first-order valence-electron chi connectivity index (χ1n) is 6.51. The molecular formula is C15H14N2O3. The first kappa shape index (κ1) is 12.6. The molecule has 1 saturated heterocycles. The first-order chi connectivity index (χ1) is 9.74. The fourth-order valence-corrected chi connectivity index (χ4v) is 2.46. The van der Waals surface area contributed by atoms with Crippen LogP contribution in [-0.4, -0.2) is 21.9 Å². The Hall–Kier alpha value is -2.43. The summed E-state index contributed by atoms with van der Waals surface area (Å²) in [7, 11) is 0. The van der Waals surface area contributed by atoms with Crippen LogP contribution in [0.1, 0.15) is 17.7 Å². The van der Waals surface area contributed by atoms with Crippen molar-refractivity contribution >= 4 is 11.8 Å². The van der Waals surface area contributed by atoms with Gasteiger partial charge in [-0.05, 0) is 12.0 Å². The molecule has 102 valence electrons. The zero-order valence-corrected chi connectivity index (χ0v) is 10.9. The van der Waals surface area contributed by atoms with Gasteiger partial charge in [0.2, 0.25) is 11.8 Å². The molecule has 0 unspecified atom stereocenters. The molecule has 1 aromatic carbocycles. The van der Waals surface area contributed by atoms with Gasteiger partial charge in [-0.1, -0.05) is 35.5 Å². The fourth-order valence-electron chi connectivity index (χ4n) is 2.46. The van der Waals surface area contributed by atoms with Gasteiger partial charge in [0.15, 0.2) is 0 Å². The number of amides is 2. The van der Waals surface area contributed by atoms with E-state index in [4.69, 9.17) is 4.52 Å². The predicted octanol–water partition coefficient (Wildman–Crippen LogP) is 1.79. The average Bonchev–Trinajstić information content (AvgIpc) is 3.05. The number of likely N-dealkylation sites (tertiary alicyclic amines) is 1. The number of rotatable bonds is 4. The molecule has 2 amide bonds. The van der Waals surface area contributed by atoms with Crippen molar-refractivity contribution in [3.05, 3.63) is 53.9 Å². The molecule has 3 rings (SSSR count). The molecule has 1 aliphatic heterocycles. The molecule has 1 aliphatic rings. The molecular weight excluding hydrogens is 256 g/mol. The van der Waals surface area contributed by atoms with Crippen LogP contribution in [0.4, 0.5) is 0 Å². The Morgan fingerprint density at radius 2 is 2.00 bits per heavy atom. The molecule has 0 N–H and O–H groups in total. The Balaban J connectivity index is 1.70. The summed E-state index contributed by atoms with van der Waals surface area (Å²) in [5.74, 6) is -0.530. The van der Waals surface area contributed by atoms with Crippen LogP contribution in [0.2, 0.25) is 0 Å². The summed E-state index contributed by atoms with van der Waals surface area (Å²) in [5.41, 5.74) is 1.66. The molecule has 0 saturated carbocycles. The van der Waals surface area contributed by atoms with Crippen LogP contribution in [0.3, 0.4) is 0 Å². The molecule has 0 aliphatic carbocycles. The maximum absolute atomic E-state index is 12.3.